The number of carbonyl (C=O) groups is 1. The number of rotatable bonds is 4. The van der Waals surface area contributed by atoms with Crippen LogP contribution >= 0.6 is 0 Å². The number of nitrogens with one attached hydrogen (secondary N) is 1. The number of hydrogen-bond donors (Lipinski definition) is 1. The average Bonchev–Trinajstić information content (AvgIpc) is 3.13. The molecule has 0 bridgehead atoms. The van der Waals surface area contributed by atoms with Gasteiger partial charge in [0.05, 0.1) is 0 Å². The molecule has 0 aliphatic carbocycles. The Bertz CT molecular complexity index is 599. The first-order chi connectivity index (χ1) is 9.75. The van der Waals surface area contributed by atoms with Crippen molar-refractivity contribution in [3.63, 3.8) is 0 Å². The second kappa shape index (κ2) is 5.67. The highest BCUT2D eigenvalue weighted by atomic mass is 16.5. The molecule has 1 saturated heterocycles. The number of amides is 1. The Balaban J connectivity index is 1.62. The summed E-state index contributed by atoms with van der Waals surface area (Å²) in [7, 11) is 1.86. The van der Waals surface area contributed by atoms with E-state index < -0.39 is 0 Å². The van der Waals surface area contributed by atoms with E-state index in [1.54, 1.807) is 4.90 Å². The number of carbonyl (C=O) groups excluding carboxylic acids is 1. The van der Waals surface area contributed by atoms with Crippen molar-refractivity contribution in [1.82, 2.24) is 9.88 Å². The van der Waals surface area contributed by atoms with Gasteiger partial charge in [-0.3, -0.25) is 4.79 Å². The molecule has 1 aromatic carbocycles. The van der Waals surface area contributed by atoms with Gasteiger partial charge in [-0.1, -0.05) is 18.2 Å². The fraction of sp³-hybridized carbons (Fsp3) is 0.438. The number of para-hydroxylation sites is 1. The van der Waals surface area contributed by atoms with E-state index in [-0.39, 0.29) is 12.0 Å². The molecule has 1 aromatic heterocycles. The van der Waals surface area contributed by atoms with Crippen LogP contribution in [0.3, 0.4) is 0 Å². The molecule has 3 rings (SSSR count). The van der Waals surface area contributed by atoms with Crippen LogP contribution in [0, 0.1) is 0 Å². The third-order valence-electron chi connectivity index (χ3n) is 3.97. The van der Waals surface area contributed by atoms with E-state index in [1.165, 1.54) is 10.9 Å². The first kappa shape index (κ1) is 13.2. The third-order valence-corrected chi connectivity index (χ3v) is 3.97. The number of ether oxygens (including phenoxy) is 1. The van der Waals surface area contributed by atoms with E-state index in [2.05, 4.69) is 17.1 Å². The van der Waals surface area contributed by atoms with Crippen LogP contribution in [0.2, 0.25) is 0 Å². The number of fused-ring (bicyclic) bond motifs is 1. The van der Waals surface area contributed by atoms with Crippen molar-refractivity contribution < 1.29 is 9.53 Å². The second-order valence-corrected chi connectivity index (χ2v) is 5.37. The Hall–Kier alpha value is -1.81. The summed E-state index contributed by atoms with van der Waals surface area (Å²) in [4.78, 5) is 17.2. The summed E-state index contributed by atoms with van der Waals surface area (Å²) in [5.74, 6) is 0.113. The Kier molecular flexibility index (Phi) is 3.74. The molecule has 106 valence electrons. The van der Waals surface area contributed by atoms with Crippen LogP contribution in [0.4, 0.5) is 0 Å². The van der Waals surface area contributed by atoms with Crippen molar-refractivity contribution in [1.29, 1.82) is 0 Å². The van der Waals surface area contributed by atoms with E-state index in [0.717, 1.165) is 31.3 Å². The molecule has 4 nitrogen and oxygen atoms in total. The summed E-state index contributed by atoms with van der Waals surface area (Å²) in [5, 5.41) is 1.24. The molecule has 1 aliphatic heterocycles. The van der Waals surface area contributed by atoms with Crippen molar-refractivity contribution in [3.05, 3.63) is 36.0 Å². The van der Waals surface area contributed by atoms with Gasteiger partial charge in [0.2, 0.25) is 0 Å². The monoisotopic (exact) mass is 272 g/mol. The van der Waals surface area contributed by atoms with Crippen molar-refractivity contribution >= 4 is 16.8 Å². The van der Waals surface area contributed by atoms with Gasteiger partial charge in [0, 0.05) is 37.3 Å². The zero-order valence-electron chi connectivity index (χ0n) is 11.8. The van der Waals surface area contributed by atoms with Crippen molar-refractivity contribution in [2.24, 2.45) is 0 Å². The summed E-state index contributed by atoms with van der Waals surface area (Å²) in [5.41, 5.74) is 2.41. The van der Waals surface area contributed by atoms with Crippen LogP contribution in [0.5, 0.6) is 0 Å². The minimum atomic E-state index is -0.219. The van der Waals surface area contributed by atoms with Crippen LogP contribution in [0.25, 0.3) is 10.9 Å². The number of benzene rings is 1. The normalized spacial score (nSPS) is 18.6. The fourth-order valence-electron chi connectivity index (χ4n) is 2.76. The number of H-pyrrole nitrogens is 1. The van der Waals surface area contributed by atoms with Crippen LogP contribution in [0.15, 0.2) is 30.5 Å². The van der Waals surface area contributed by atoms with Crippen LogP contribution < -0.4 is 0 Å². The minimum absolute atomic E-state index is 0.113. The number of aromatic amines is 1. The highest BCUT2D eigenvalue weighted by Gasteiger charge is 2.26. The molecule has 1 aliphatic rings. The predicted octanol–water partition coefficient (Wildman–Crippen LogP) is 2.35. The standard InChI is InChI=1S/C16H20N2O2/c1-18(16(19)15-7-4-10-20-15)9-8-12-11-17-14-6-3-2-5-13(12)14/h2-3,5-6,11,15,17H,4,7-10H2,1H3. The van der Waals surface area contributed by atoms with Gasteiger partial charge < -0.3 is 14.6 Å². The summed E-state index contributed by atoms with van der Waals surface area (Å²) in [6, 6.07) is 8.25. The Morgan fingerprint density at radius 1 is 1.45 bits per heavy atom. The molecule has 0 radical (unpaired) electrons. The fourth-order valence-corrected chi connectivity index (χ4v) is 2.76. The molecule has 1 N–H and O–H groups in total. The maximum Gasteiger partial charge on any atom is 0.251 e. The number of likely N-dealkylation sites (N-methyl/N-ethyl adjacent to an activating group) is 1. The zero-order chi connectivity index (χ0) is 13.9. The molecule has 1 fully saturated rings. The Morgan fingerprint density at radius 2 is 2.30 bits per heavy atom. The van der Waals surface area contributed by atoms with Gasteiger partial charge in [0.1, 0.15) is 6.10 Å². The molecule has 1 unspecified atom stereocenters. The van der Waals surface area contributed by atoms with Crippen LogP contribution in [-0.2, 0) is 16.0 Å². The maximum absolute atomic E-state index is 12.2. The van der Waals surface area contributed by atoms with E-state index in [1.807, 2.05) is 25.4 Å². The lowest BCUT2D eigenvalue weighted by Gasteiger charge is -2.20. The molecule has 4 heteroatoms. The van der Waals surface area contributed by atoms with E-state index in [0.29, 0.717) is 6.61 Å². The first-order valence-corrected chi connectivity index (χ1v) is 7.17. The lowest BCUT2D eigenvalue weighted by Crippen LogP contribution is -2.37. The largest absolute Gasteiger partial charge is 0.368 e. The third kappa shape index (κ3) is 2.56. The molecule has 1 amide bonds. The highest BCUT2D eigenvalue weighted by molar-refractivity contribution is 5.83. The molecular weight excluding hydrogens is 252 g/mol. The van der Waals surface area contributed by atoms with Gasteiger partial charge in [0.15, 0.2) is 0 Å². The van der Waals surface area contributed by atoms with Gasteiger partial charge in [-0.05, 0) is 30.9 Å². The van der Waals surface area contributed by atoms with E-state index in [4.69, 9.17) is 4.74 Å². The number of nitrogens with zero attached hydrogens (tertiary/aromatic N) is 1. The number of hydrogen-bond acceptors (Lipinski definition) is 2. The first-order valence-electron chi connectivity index (χ1n) is 7.17. The van der Waals surface area contributed by atoms with Gasteiger partial charge in [0.25, 0.3) is 5.91 Å². The Labute approximate surface area is 118 Å². The lowest BCUT2D eigenvalue weighted by molar-refractivity contribution is -0.139. The van der Waals surface area contributed by atoms with Crippen molar-refractivity contribution in [2.45, 2.75) is 25.4 Å². The van der Waals surface area contributed by atoms with Gasteiger partial charge in [-0.25, -0.2) is 0 Å². The highest BCUT2D eigenvalue weighted by Crippen LogP contribution is 2.19. The molecule has 0 saturated carbocycles. The minimum Gasteiger partial charge on any atom is -0.368 e. The molecule has 2 heterocycles. The SMILES string of the molecule is CN(CCc1c[nH]c2ccccc12)C(=O)C1CCCO1. The van der Waals surface area contributed by atoms with Crippen LogP contribution in [-0.4, -0.2) is 42.1 Å². The molecular formula is C16H20N2O2. The quantitative estimate of drug-likeness (QED) is 0.928. The summed E-state index contributed by atoms with van der Waals surface area (Å²) in [6.45, 7) is 1.44. The molecule has 0 spiro atoms. The van der Waals surface area contributed by atoms with Crippen molar-refractivity contribution in [3.8, 4) is 0 Å². The van der Waals surface area contributed by atoms with Gasteiger partial charge in [-0.2, -0.15) is 0 Å². The van der Waals surface area contributed by atoms with Crippen molar-refractivity contribution in [2.75, 3.05) is 20.2 Å². The van der Waals surface area contributed by atoms with Crippen LogP contribution in [0.1, 0.15) is 18.4 Å². The van der Waals surface area contributed by atoms with Gasteiger partial charge >= 0.3 is 0 Å². The topological polar surface area (TPSA) is 45.3 Å². The van der Waals surface area contributed by atoms with E-state index in [9.17, 15) is 4.79 Å². The zero-order valence-corrected chi connectivity index (χ0v) is 11.8. The lowest BCUT2D eigenvalue weighted by atomic mass is 10.1. The molecule has 20 heavy (non-hydrogen) atoms. The summed E-state index contributed by atoms with van der Waals surface area (Å²) < 4.78 is 5.45. The maximum atomic E-state index is 12.2. The molecule has 1 atom stereocenters. The van der Waals surface area contributed by atoms with E-state index >= 15 is 0 Å². The predicted molar refractivity (Wildman–Crippen MR) is 78.6 cm³/mol. The second-order valence-electron chi connectivity index (χ2n) is 5.37. The molecule has 2 aromatic rings. The summed E-state index contributed by atoms with van der Waals surface area (Å²) in [6.07, 6.45) is 4.53. The smallest absolute Gasteiger partial charge is 0.251 e. The number of aromatic nitrogens is 1. The summed E-state index contributed by atoms with van der Waals surface area (Å²) >= 11 is 0. The Morgan fingerprint density at radius 3 is 3.10 bits per heavy atom. The average molecular weight is 272 g/mol. The van der Waals surface area contributed by atoms with Gasteiger partial charge in [-0.15, -0.1) is 0 Å².